The van der Waals surface area contributed by atoms with E-state index in [-0.39, 0.29) is 24.3 Å². The third-order valence-corrected chi connectivity index (χ3v) is 4.79. The average Bonchev–Trinajstić information content (AvgIpc) is 2.65. The van der Waals surface area contributed by atoms with E-state index < -0.39 is 0 Å². The third-order valence-electron chi connectivity index (χ3n) is 4.55. The number of rotatable bonds is 5. The van der Waals surface area contributed by atoms with Gasteiger partial charge in [-0.1, -0.05) is 41.9 Å². The first kappa shape index (κ1) is 18.4. The van der Waals surface area contributed by atoms with Crippen molar-refractivity contribution in [1.82, 2.24) is 4.90 Å². The fraction of sp³-hybridized carbons (Fsp3) is 0.300. The van der Waals surface area contributed by atoms with E-state index in [0.29, 0.717) is 30.2 Å². The number of hydrogen-bond acceptors (Lipinski definition) is 4. The lowest BCUT2D eigenvalue weighted by Gasteiger charge is -2.34. The highest BCUT2D eigenvalue weighted by molar-refractivity contribution is 6.30. The lowest BCUT2D eigenvalue weighted by Crippen LogP contribution is -2.47. The number of nitrogens with zero attached hydrogens (tertiary/aromatic N) is 1. The topological polar surface area (TPSA) is 58.6 Å². The summed E-state index contributed by atoms with van der Waals surface area (Å²) in [6.07, 6.45) is 0.876. The average molecular weight is 373 g/mol. The number of esters is 1. The lowest BCUT2D eigenvalue weighted by molar-refractivity contribution is -0.148. The van der Waals surface area contributed by atoms with E-state index in [0.717, 1.165) is 5.56 Å². The molecular formula is C20H21ClN2O3. The smallest absolute Gasteiger partial charge is 0.323 e. The van der Waals surface area contributed by atoms with Gasteiger partial charge in [-0.25, -0.2) is 0 Å². The van der Waals surface area contributed by atoms with Crippen molar-refractivity contribution in [3.63, 3.8) is 0 Å². The van der Waals surface area contributed by atoms with Gasteiger partial charge in [-0.15, -0.1) is 0 Å². The van der Waals surface area contributed by atoms with Crippen molar-refractivity contribution in [3.8, 4) is 0 Å². The summed E-state index contributed by atoms with van der Waals surface area (Å²) >= 11 is 5.93. The molecule has 2 aromatic rings. The molecule has 6 heteroatoms. The van der Waals surface area contributed by atoms with Crippen molar-refractivity contribution in [2.75, 3.05) is 19.0 Å². The summed E-state index contributed by atoms with van der Waals surface area (Å²) in [4.78, 5) is 26.4. The number of anilines is 1. The second-order valence-electron chi connectivity index (χ2n) is 6.29. The van der Waals surface area contributed by atoms with Gasteiger partial charge in [0.05, 0.1) is 7.11 Å². The normalized spacial score (nSPS) is 16.6. The minimum absolute atomic E-state index is 0.116. The maximum Gasteiger partial charge on any atom is 0.323 e. The number of amides is 1. The second kappa shape index (κ2) is 8.34. The van der Waals surface area contributed by atoms with Crippen molar-refractivity contribution >= 4 is 29.2 Å². The molecule has 26 heavy (non-hydrogen) atoms. The van der Waals surface area contributed by atoms with Crippen LogP contribution < -0.4 is 5.32 Å². The molecule has 3 rings (SSSR count). The van der Waals surface area contributed by atoms with E-state index >= 15 is 0 Å². The van der Waals surface area contributed by atoms with E-state index in [1.807, 2.05) is 23.1 Å². The van der Waals surface area contributed by atoms with E-state index in [4.69, 9.17) is 16.3 Å². The van der Waals surface area contributed by atoms with Gasteiger partial charge in [0.15, 0.2) is 0 Å². The lowest BCUT2D eigenvalue weighted by atomic mass is 9.94. The number of carbonyl (C=O) groups is 2. The summed E-state index contributed by atoms with van der Waals surface area (Å²) in [5, 5.41) is 3.40. The number of methoxy groups -OCH3 is 1. The fourth-order valence-electron chi connectivity index (χ4n) is 3.22. The molecule has 1 atom stereocenters. The van der Waals surface area contributed by atoms with Crippen molar-refractivity contribution in [1.29, 1.82) is 0 Å². The Labute approximate surface area is 157 Å². The van der Waals surface area contributed by atoms with Crippen LogP contribution >= 0.6 is 11.6 Å². The molecule has 1 unspecified atom stereocenters. The number of fused-ring (bicyclic) bond motifs is 1. The summed E-state index contributed by atoms with van der Waals surface area (Å²) in [5.41, 5.74) is 3.00. The first-order valence-electron chi connectivity index (χ1n) is 8.51. The summed E-state index contributed by atoms with van der Waals surface area (Å²) in [5.74, 6) is -0.385. The van der Waals surface area contributed by atoms with Crippen LogP contribution in [0.4, 0.5) is 5.69 Å². The van der Waals surface area contributed by atoms with Gasteiger partial charge in [0.2, 0.25) is 5.91 Å². The van der Waals surface area contributed by atoms with E-state index in [9.17, 15) is 9.59 Å². The Balaban J connectivity index is 1.65. The van der Waals surface area contributed by atoms with E-state index in [2.05, 4.69) is 11.4 Å². The molecule has 0 aliphatic carbocycles. The second-order valence-corrected chi connectivity index (χ2v) is 6.73. The number of ether oxygens (including phenoxy) is 1. The molecule has 2 aromatic carbocycles. The summed E-state index contributed by atoms with van der Waals surface area (Å²) < 4.78 is 4.95. The molecule has 5 nitrogen and oxygen atoms in total. The molecule has 0 saturated heterocycles. The Kier molecular flexibility index (Phi) is 5.91. The molecular weight excluding hydrogens is 352 g/mol. The molecule has 136 valence electrons. The zero-order valence-electron chi connectivity index (χ0n) is 14.6. The highest BCUT2D eigenvalue weighted by atomic mass is 35.5. The zero-order chi connectivity index (χ0) is 18.5. The summed E-state index contributed by atoms with van der Waals surface area (Å²) in [7, 11) is 1.40. The van der Waals surface area contributed by atoms with Gasteiger partial charge in [0.1, 0.15) is 6.04 Å². The molecule has 1 aliphatic rings. The van der Waals surface area contributed by atoms with Crippen LogP contribution in [0.3, 0.4) is 0 Å². The van der Waals surface area contributed by atoms with Gasteiger partial charge in [-0.2, -0.15) is 0 Å². The molecule has 0 radical (unpaired) electrons. The first-order chi connectivity index (χ1) is 12.6. The fourth-order valence-corrected chi connectivity index (χ4v) is 3.41. The van der Waals surface area contributed by atoms with Crippen LogP contribution in [-0.2, 0) is 27.3 Å². The molecule has 1 N–H and O–H groups in total. The van der Waals surface area contributed by atoms with Gasteiger partial charge in [0.25, 0.3) is 0 Å². The number of nitrogens with one attached hydrogen (secondary N) is 1. The van der Waals surface area contributed by atoms with Gasteiger partial charge < -0.3 is 10.1 Å². The number of carbonyl (C=O) groups excluding carboxylic acids is 2. The number of halogens is 1. The molecule has 0 fully saturated rings. The van der Waals surface area contributed by atoms with Gasteiger partial charge >= 0.3 is 5.97 Å². The van der Waals surface area contributed by atoms with E-state index in [1.165, 1.54) is 12.7 Å². The summed E-state index contributed by atoms with van der Waals surface area (Å²) in [6.45, 7) is 1.10. The quantitative estimate of drug-likeness (QED) is 0.818. The zero-order valence-corrected chi connectivity index (χ0v) is 15.3. The van der Waals surface area contributed by atoms with Crippen molar-refractivity contribution in [2.45, 2.75) is 25.4 Å². The van der Waals surface area contributed by atoms with Gasteiger partial charge in [0, 0.05) is 30.2 Å². The molecule has 0 bridgehead atoms. The van der Waals surface area contributed by atoms with Crippen LogP contribution in [0.2, 0.25) is 5.02 Å². The third kappa shape index (κ3) is 4.42. The van der Waals surface area contributed by atoms with E-state index in [1.54, 1.807) is 24.3 Å². The maximum atomic E-state index is 12.3. The first-order valence-corrected chi connectivity index (χ1v) is 8.88. The molecule has 0 saturated carbocycles. The monoisotopic (exact) mass is 372 g/mol. The van der Waals surface area contributed by atoms with Crippen molar-refractivity contribution in [3.05, 3.63) is 64.7 Å². The number of benzene rings is 2. The predicted molar refractivity (Wildman–Crippen MR) is 101 cm³/mol. The highest BCUT2D eigenvalue weighted by Crippen LogP contribution is 2.24. The maximum absolute atomic E-state index is 12.3. The van der Waals surface area contributed by atoms with Crippen LogP contribution in [-0.4, -0.2) is 36.5 Å². The van der Waals surface area contributed by atoms with Crippen LogP contribution in [0.15, 0.2) is 48.5 Å². The Morgan fingerprint density at radius 1 is 1.19 bits per heavy atom. The largest absolute Gasteiger partial charge is 0.468 e. The minimum Gasteiger partial charge on any atom is -0.468 e. The van der Waals surface area contributed by atoms with Gasteiger partial charge in [-0.3, -0.25) is 14.5 Å². The Morgan fingerprint density at radius 2 is 1.96 bits per heavy atom. The molecule has 1 aliphatic heterocycles. The van der Waals surface area contributed by atoms with Crippen LogP contribution in [0, 0.1) is 0 Å². The molecule has 0 aromatic heterocycles. The van der Waals surface area contributed by atoms with Crippen molar-refractivity contribution in [2.24, 2.45) is 0 Å². The Morgan fingerprint density at radius 3 is 2.69 bits per heavy atom. The highest BCUT2D eigenvalue weighted by Gasteiger charge is 2.32. The summed E-state index contributed by atoms with van der Waals surface area (Å²) in [6, 6.07) is 14.7. The predicted octanol–water partition coefficient (Wildman–Crippen LogP) is 3.27. The van der Waals surface area contributed by atoms with Crippen molar-refractivity contribution < 1.29 is 14.3 Å². The van der Waals surface area contributed by atoms with Gasteiger partial charge in [-0.05, 0) is 35.7 Å². The molecule has 1 heterocycles. The number of hydrogen-bond donors (Lipinski definition) is 1. The minimum atomic E-state index is -0.367. The van der Waals surface area contributed by atoms with Crippen LogP contribution in [0.25, 0.3) is 0 Å². The van der Waals surface area contributed by atoms with Crippen LogP contribution in [0.5, 0.6) is 0 Å². The Bertz CT molecular complexity index is 809. The SMILES string of the molecule is COC(=O)C1Cc2ccccc2CN1CCC(=O)Nc1cccc(Cl)c1. The molecule has 1 amide bonds. The standard InChI is InChI=1S/C20H21ClN2O3/c1-26-20(25)18-11-14-5-2-3-6-15(14)13-23(18)10-9-19(24)22-17-8-4-7-16(21)12-17/h2-8,12,18H,9-11,13H2,1H3,(H,22,24). The Hall–Kier alpha value is -2.37. The molecule has 0 spiro atoms. The van der Waals surface area contributed by atoms with Crippen LogP contribution in [0.1, 0.15) is 17.5 Å².